The molecule has 0 unspecified atom stereocenters. The van der Waals surface area contributed by atoms with Gasteiger partial charge in [0.25, 0.3) is 0 Å². The number of carbonyl (C=O) groups excluding carboxylic acids is 1. The molecule has 1 fully saturated rings. The molecule has 1 aliphatic carbocycles. The van der Waals surface area contributed by atoms with E-state index in [1.54, 1.807) is 0 Å². The molecule has 0 saturated heterocycles. The first-order chi connectivity index (χ1) is 11.8. The molecule has 24 heavy (non-hydrogen) atoms. The van der Waals surface area contributed by atoms with Crippen molar-refractivity contribution < 1.29 is 9.21 Å². The van der Waals surface area contributed by atoms with Crippen LogP contribution in [0.25, 0.3) is 11.5 Å². The van der Waals surface area contributed by atoms with Crippen molar-refractivity contribution in [3.8, 4) is 11.5 Å². The molecule has 1 aliphatic rings. The molecule has 0 atom stereocenters. The van der Waals surface area contributed by atoms with Gasteiger partial charge in [0.05, 0.1) is 5.69 Å². The average molecular weight is 325 g/mol. The monoisotopic (exact) mass is 325 g/mol. The second kappa shape index (κ2) is 7.90. The van der Waals surface area contributed by atoms with Crippen LogP contribution in [0, 0.1) is 0 Å². The second-order valence-corrected chi connectivity index (χ2v) is 6.09. The molecule has 1 amide bonds. The summed E-state index contributed by atoms with van der Waals surface area (Å²) >= 11 is 0. The summed E-state index contributed by atoms with van der Waals surface area (Å²) in [5, 5.41) is 4.27. The molecule has 1 aromatic carbocycles. The van der Waals surface area contributed by atoms with E-state index in [0.29, 0.717) is 18.0 Å². The first kappa shape index (κ1) is 16.4. The van der Waals surface area contributed by atoms with E-state index in [0.717, 1.165) is 43.4 Å². The highest BCUT2D eigenvalue weighted by atomic mass is 16.4. The Morgan fingerprint density at radius 2 is 1.96 bits per heavy atom. The van der Waals surface area contributed by atoms with Gasteiger partial charge in [-0.15, -0.1) is 0 Å². The highest BCUT2D eigenvalue weighted by Gasteiger charge is 2.20. The molecule has 3 rings (SSSR count). The maximum absolute atomic E-state index is 12.5. The fraction of sp³-hybridized carbons (Fsp3) is 0.421. The Balaban J connectivity index is 1.80. The summed E-state index contributed by atoms with van der Waals surface area (Å²) in [6, 6.07) is 9.63. The van der Waals surface area contributed by atoms with Crippen molar-refractivity contribution in [1.29, 1.82) is 0 Å². The van der Waals surface area contributed by atoms with Gasteiger partial charge in [-0.25, -0.2) is 10.4 Å². The number of nitrogens with one attached hydrogen (secondary N) is 1. The zero-order valence-electron chi connectivity index (χ0n) is 14.0. The van der Waals surface area contributed by atoms with Gasteiger partial charge in [0, 0.05) is 11.3 Å². The second-order valence-electron chi connectivity index (χ2n) is 6.09. The minimum Gasteiger partial charge on any atom is -0.431 e. The quantitative estimate of drug-likeness (QED) is 0.831. The van der Waals surface area contributed by atoms with Gasteiger partial charge in [0.2, 0.25) is 11.7 Å². The Bertz CT molecular complexity index is 711. The normalized spacial score (nSPS) is 14.5. The average Bonchev–Trinajstić information content (AvgIpc) is 3.06. The van der Waals surface area contributed by atoms with Crippen LogP contribution in [-0.2, 0) is 6.42 Å². The van der Waals surface area contributed by atoms with Crippen LogP contribution in [0.15, 0.2) is 39.9 Å². The number of carbonyl (C=O) groups is 1. The largest absolute Gasteiger partial charge is 0.431 e. The fourth-order valence-electron chi connectivity index (χ4n) is 2.89. The van der Waals surface area contributed by atoms with E-state index in [2.05, 4.69) is 22.4 Å². The number of hydrazone groups is 1. The Hall–Kier alpha value is -2.43. The summed E-state index contributed by atoms with van der Waals surface area (Å²) in [7, 11) is 0. The SMILES string of the molecule is CCCc1nc(-c2ccccc2)oc1C(=O)NN=C1CCCCC1. The number of aryl methyl sites for hydroxylation is 1. The van der Waals surface area contributed by atoms with Gasteiger partial charge < -0.3 is 4.42 Å². The Kier molecular flexibility index (Phi) is 5.41. The lowest BCUT2D eigenvalue weighted by atomic mass is 9.99. The third-order valence-electron chi connectivity index (χ3n) is 4.16. The topological polar surface area (TPSA) is 67.5 Å². The standard InChI is InChI=1S/C19H23N3O2/c1-2-9-16-17(18(23)22-21-15-12-7-4-8-13-15)24-19(20-16)14-10-5-3-6-11-14/h3,5-6,10-11H,2,4,7-9,12-13H2,1H3,(H,22,23). The van der Waals surface area contributed by atoms with E-state index in [-0.39, 0.29) is 11.7 Å². The molecule has 0 aliphatic heterocycles. The van der Waals surface area contributed by atoms with Gasteiger partial charge in [-0.1, -0.05) is 38.0 Å². The van der Waals surface area contributed by atoms with Crippen LogP contribution in [-0.4, -0.2) is 16.6 Å². The zero-order chi connectivity index (χ0) is 16.8. The van der Waals surface area contributed by atoms with Crippen LogP contribution < -0.4 is 5.43 Å². The summed E-state index contributed by atoms with van der Waals surface area (Å²) < 4.78 is 5.76. The van der Waals surface area contributed by atoms with Crippen molar-refractivity contribution in [3.05, 3.63) is 41.8 Å². The number of hydrogen-bond acceptors (Lipinski definition) is 4. The van der Waals surface area contributed by atoms with Gasteiger partial charge in [0.1, 0.15) is 0 Å². The summed E-state index contributed by atoms with van der Waals surface area (Å²) in [4.78, 5) is 17.0. The van der Waals surface area contributed by atoms with E-state index in [1.165, 1.54) is 6.42 Å². The lowest BCUT2D eigenvalue weighted by molar-refractivity contribution is 0.0926. The lowest BCUT2D eigenvalue weighted by Crippen LogP contribution is -2.21. The Morgan fingerprint density at radius 3 is 2.67 bits per heavy atom. The zero-order valence-corrected chi connectivity index (χ0v) is 14.0. The van der Waals surface area contributed by atoms with Crippen LogP contribution in [0.2, 0.25) is 0 Å². The highest BCUT2D eigenvalue weighted by molar-refractivity contribution is 5.94. The number of oxazole rings is 1. The molecule has 0 spiro atoms. The van der Waals surface area contributed by atoms with Crippen molar-refractivity contribution >= 4 is 11.6 Å². The van der Waals surface area contributed by atoms with Gasteiger partial charge in [-0.3, -0.25) is 4.79 Å². The minimum atomic E-state index is -0.314. The van der Waals surface area contributed by atoms with Crippen molar-refractivity contribution in [1.82, 2.24) is 10.4 Å². The summed E-state index contributed by atoms with van der Waals surface area (Å²) in [5.74, 6) is 0.441. The number of aromatic nitrogens is 1. The number of amides is 1. The van der Waals surface area contributed by atoms with Crippen molar-refractivity contribution in [2.24, 2.45) is 5.10 Å². The van der Waals surface area contributed by atoms with Crippen LogP contribution in [0.3, 0.4) is 0 Å². The minimum absolute atomic E-state index is 0.274. The van der Waals surface area contributed by atoms with Crippen LogP contribution in [0.4, 0.5) is 0 Å². The first-order valence-electron chi connectivity index (χ1n) is 8.69. The number of rotatable bonds is 5. The van der Waals surface area contributed by atoms with Gasteiger partial charge in [-0.05, 0) is 44.2 Å². The van der Waals surface area contributed by atoms with Gasteiger partial charge in [-0.2, -0.15) is 5.10 Å². The van der Waals surface area contributed by atoms with Crippen molar-refractivity contribution in [2.45, 2.75) is 51.9 Å². The van der Waals surface area contributed by atoms with Crippen LogP contribution >= 0.6 is 0 Å². The third-order valence-corrected chi connectivity index (χ3v) is 4.16. The summed E-state index contributed by atoms with van der Waals surface area (Å²) in [6.07, 6.45) is 7.08. The predicted molar refractivity (Wildman–Crippen MR) is 93.9 cm³/mol. The maximum atomic E-state index is 12.5. The number of nitrogens with zero attached hydrogens (tertiary/aromatic N) is 2. The van der Waals surface area contributed by atoms with Crippen LogP contribution in [0.5, 0.6) is 0 Å². The van der Waals surface area contributed by atoms with E-state index < -0.39 is 0 Å². The molecule has 1 heterocycles. The number of hydrogen-bond donors (Lipinski definition) is 1. The van der Waals surface area contributed by atoms with E-state index >= 15 is 0 Å². The molecule has 1 aromatic heterocycles. The molecule has 1 N–H and O–H groups in total. The Morgan fingerprint density at radius 1 is 1.21 bits per heavy atom. The summed E-state index contributed by atoms with van der Waals surface area (Å²) in [6.45, 7) is 2.06. The number of benzene rings is 1. The third kappa shape index (κ3) is 3.91. The maximum Gasteiger partial charge on any atom is 0.309 e. The molecule has 0 radical (unpaired) electrons. The van der Waals surface area contributed by atoms with E-state index in [9.17, 15) is 4.79 Å². The van der Waals surface area contributed by atoms with E-state index in [1.807, 2.05) is 30.3 Å². The van der Waals surface area contributed by atoms with E-state index in [4.69, 9.17) is 4.42 Å². The molecular weight excluding hydrogens is 302 g/mol. The smallest absolute Gasteiger partial charge is 0.309 e. The molecular formula is C19H23N3O2. The predicted octanol–water partition coefficient (Wildman–Crippen LogP) is 4.34. The molecule has 5 heteroatoms. The first-order valence-corrected chi connectivity index (χ1v) is 8.69. The van der Waals surface area contributed by atoms with Gasteiger partial charge >= 0.3 is 5.91 Å². The Labute approximate surface area is 142 Å². The molecule has 2 aromatic rings. The van der Waals surface area contributed by atoms with Gasteiger partial charge in [0.15, 0.2) is 0 Å². The summed E-state index contributed by atoms with van der Waals surface area (Å²) in [5.41, 5.74) is 5.27. The van der Waals surface area contributed by atoms with Crippen molar-refractivity contribution in [2.75, 3.05) is 0 Å². The molecule has 126 valence electrons. The van der Waals surface area contributed by atoms with Crippen LogP contribution in [0.1, 0.15) is 61.7 Å². The molecule has 0 bridgehead atoms. The van der Waals surface area contributed by atoms with Crippen molar-refractivity contribution in [3.63, 3.8) is 0 Å². The molecule has 5 nitrogen and oxygen atoms in total. The highest BCUT2D eigenvalue weighted by Crippen LogP contribution is 2.23. The lowest BCUT2D eigenvalue weighted by Gasteiger charge is -2.11. The molecule has 1 saturated carbocycles. The fourth-order valence-corrected chi connectivity index (χ4v) is 2.89.